The van der Waals surface area contributed by atoms with Crippen LogP contribution in [0.1, 0.15) is 20.8 Å². The van der Waals surface area contributed by atoms with Crippen LogP contribution in [0, 0.1) is 5.92 Å². The Bertz CT molecular complexity index is 219. The second-order valence-electron chi connectivity index (χ2n) is 4.52. The van der Waals surface area contributed by atoms with Crippen LogP contribution in [-0.4, -0.2) is 59.6 Å². The minimum absolute atomic E-state index is 0.180. The van der Waals surface area contributed by atoms with Crippen molar-refractivity contribution in [2.75, 3.05) is 32.7 Å². The summed E-state index contributed by atoms with van der Waals surface area (Å²) in [7, 11) is 0. The molecule has 0 bridgehead atoms. The molecule has 1 N–H and O–H groups in total. The van der Waals surface area contributed by atoms with Crippen LogP contribution < -0.4 is 0 Å². The van der Waals surface area contributed by atoms with Crippen molar-refractivity contribution < 1.29 is 9.90 Å². The van der Waals surface area contributed by atoms with Gasteiger partial charge in [-0.25, -0.2) is 0 Å². The van der Waals surface area contributed by atoms with E-state index in [1.165, 1.54) is 0 Å². The number of aliphatic hydroxyl groups excluding tert-OH is 1. The van der Waals surface area contributed by atoms with Crippen LogP contribution in [0.4, 0.5) is 0 Å². The molecule has 4 nitrogen and oxygen atoms in total. The maximum atomic E-state index is 11.6. The third-order valence-electron chi connectivity index (χ3n) is 2.99. The van der Waals surface area contributed by atoms with E-state index in [1.54, 1.807) is 0 Å². The molecule has 1 unspecified atom stereocenters. The van der Waals surface area contributed by atoms with Crippen LogP contribution in [0.2, 0.25) is 0 Å². The van der Waals surface area contributed by atoms with Crippen molar-refractivity contribution in [3.63, 3.8) is 0 Å². The number of carbonyl (C=O) groups excluding carboxylic acids is 1. The molecule has 0 aromatic heterocycles. The van der Waals surface area contributed by atoms with Crippen LogP contribution >= 0.6 is 0 Å². The number of likely N-dealkylation sites (N-methyl/N-ethyl adjacent to an activating group) is 1. The number of β-amino-alcohol motifs (C(OH)–C–C–N with tert-alkyl or cyclic N) is 1. The molecule has 1 fully saturated rings. The van der Waals surface area contributed by atoms with Gasteiger partial charge in [0.1, 0.15) is 0 Å². The van der Waals surface area contributed by atoms with E-state index in [-0.39, 0.29) is 17.9 Å². The highest BCUT2D eigenvalue weighted by atomic mass is 16.3. The van der Waals surface area contributed by atoms with Crippen molar-refractivity contribution >= 4 is 5.91 Å². The lowest BCUT2D eigenvalue weighted by molar-refractivity contribution is -0.136. The van der Waals surface area contributed by atoms with Crippen molar-refractivity contribution in [2.24, 2.45) is 5.92 Å². The highest BCUT2D eigenvalue weighted by molar-refractivity contribution is 5.78. The summed E-state index contributed by atoms with van der Waals surface area (Å²) >= 11 is 0. The molecule has 0 aromatic carbocycles. The SMILES string of the molecule is CCN1CCN(CC(O)C(C)C)CC1=O. The van der Waals surface area contributed by atoms with Crippen molar-refractivity contribution in [2.45, 2.75) is 26.9 Å². The number of nitrogens with zero attached hydrogens (tertiary/aromatic N) is 2. The van der Waals surface area contributed by atoms with Crippen LogP contribution in [0.5, 0.6) is 0 Å². The second kappa shape index (κ2) is 5.47. The predicted octanol–water partition coefficient (Wildman–Crippen LogP) is 0.167. The molecule has 0 aliphatic carbocycles. The minimum atomic E-state index is -0.328. The van der Waals surface area contributed by atoms with Gasteiger partial charge in [-0.15, -0.1) is 0 Å². The number of hydrogen-bond donors (Lipinski definition) is 1. The Labute approximate surface area is 91.9 Å². The lowest BCUT2D eigenvalue weighted by Crippen LogP contribution is -2.52. The zero-order valence-corrected chi connectivity index (χ0v) is 9.94. The summed E-state index contributed by atoms with van der Waals surface area (Å²) in [6.07, 6.45) is -0.328. The van der Waals surface area contributed by atoms with Gasteiger partial charge in [0.15, 0.2) is 0 Å². The first-order chi connectivity index (χ1) is 7.04. The fourth-order valence-corrected chi connectivity index (χ4v) is 1.72. The van der Waals surface area contributed by atoms with Gasteiger partial charge < -0.3 is 10.0 Å². The Morgan fingerprint density at radius 1 is 1.40 bits per heavy atom. The molecular formula is C11H22N2O2. The summed E-state index contributed by atoms with van der Waals surface area (Å²) in [5.74, 6) is 0.434. The standard InChI is InChI=1S/C11H22N2O2/c1-4-13-6-5-12(8-11(13)15)7-10(14)9(2)3/h9-10,14H,4-8H2,1-3H3. The third kappa shape index (κ3) is 3.47. The summed E-state index contributed by atoms with van der Waals surface area (Å²) < 4.78 is 0. The fourth-order valence-electron chi connectivity index (χ4n) is 1.72. The monoisotopic (exact) mass is 214 g/mol. The number of piperazine rings is 1. The molecule has 4 heteroatoms. The van der Waals surface area contributed by atoms with Gasteiger partial charge in [-0.1, -0.05) is 13.8 Å². The van der Waals surface area contributed by atoms with Crippen molar-refractivity contribution in [3.8, 4) is 0 Å². The average molecular weight is 214 g/mol. The smallest absolute Gasteiger partial charge is 0.236 e. The van der Waals surface area contributed by atoms with E-state index >= 15 is 0 Å². The van der Waals surface area contributed by atoms with Gasteiger partial charge in [-0.2, -0.15) is 0 Å². The highest BCUT2D eigenvalue weighted by Crippen LogP contribution is 2.07. The number of rotatable bonds is 4. The van der Waals surface area contributed by atoms with Crippen LogP contribution in [0.3, 0.4) is 0 Å². The molecule has 1 atom stereocenters. The Balaban J connectivity index is 2.38. The molecule has 1 saturated heterocycles. The Kier molecular flexibility index (Phi) is 4.54. The lowest BCUT2D eigenvalue weighted by atomic mass is 10.1. The van der Waals surface area contributed by atoms with Crippen molar-refractivity contribution in [1.82, 2.24) is 9.80 Å². The quantitative estimate of drug-likeness (QED) is 0.725. The predicted molar refractivity (Wildman–Crippen MR) is 59.5 cm³/mol. The Morgan fingerprint density at radius 3 is 2.53 bits per heavy atom. The van der Waals surface area contributed by atoms with Gasteiger partial charge in [0.05, 0.1) is 12.6 Å². The van der Waals surface area contributed by atoms with E-state index < -0.39 is 0 Å². The maximum absolute atomic E-state index is 11.6. The summed E-state index contributed by atoms with van der Waals surface area (Å²) in [5.41, 5.74) is 0. The lowest BCUT2D eigenvalue weighted by Gasteiger charge is -2.35. The van der Waals surface area contributed by atoms with Gasteiger partial charge in [0.25, 0.3) is 0 Å². The summed E-state index contributed by atoms with van der Waals surface area (Å²) in [5, 5.41) is 9.72. The minimum Gasteiger partial charge on any atom is -0.392 e. The Hall–Kier alpha value is -0.610. The third-order valence-corrected chi connectivity index (χ3v) is 2.99. The average Bonchev–Trinajstić information content (AvgIpc) is 2.18. The highest BCUT2D eigenvalue weighted by Gasteiger charge is 2.24. The van der Waals surface area contributed by atoms with Crippen molar-refractivity contribution in [3.05, 3.63) is 0 Å². The first-order valence-corrected chi connectivity index (χ1v) is 5.72. The molecule has 0 spiro atoms. The largest absolute Gasteiger partial charge is 0.392 e. The van der Waals surface area contributed by atoms with E-state index in [4.69, 9.17) is 0 Å². The summed E-state index contributed by atoms with van der Waals surface area (Å²) in [6, 6.07) is 0. The maximum Gasteiger partial charge on any atom is 0.236 e. The van der Waals surface area contributed by atoms with Crippen LogP contribution in [-0.2, 0) is 4.79 Å². The molecule has 1 aliphatic rings. The zero-order chi connectivity index (χ0) is 11.4. The topological polar surface area (TPSA) is 43.8 Å². The number of aliphatic hydroxyl groups is 1. The van der Waals surface area contributed by atoms with Crippen LogP contribution in [0.25, 0.3) is 0 Å². The van der Waals surface area contributed by atoms with E-state index in [0.717, 1.165) is 19.6 Å². The molecule has 0 aromatic rings. The van der Waals surface area contributed by atoms with Gasteiger partial charge in [0.2, 0.25) is 5.91 Å². The van der Waals surface area contributed by atoms with E-state index in [9.17, 15) is 9.90 Å². The Morgan fingerprint density at radius 2 is 2.07 bits per heavy atom. The molecular weight excluding hydrogens is 192 g/mol. The number of hydrogen-bond acceptors (Lipinski definition) is 3. The fraction of sp³-hybridized carbons (Fsp3) is 0.909. The molecule has 1 rings (SSSR count). The van der Waals surface area contributed by atoms with E-state index in [1.807, 2.05) is 30.6 Å². The van der Waals surface area contributed by atoms with Gasteiger partial charge >= 0.3 is 0 Å². The van der Waals surface area contributed by atoms with Crippen molar-refractivity contribution in [1.29, 1.82) is 0 Å². The number of carbonyl (C=O) groups is 1. The van der Waals surface area contributed by atoms with Crippen LogP contribution in [0.15, 0.2) is 0 Å². The van der Waals surface area contributed by atoms with Gasteiger partial charge in [-0.05, 0) is 12.8 Å². The molecule has 1 heterocycles. The normalized spacial score (nSPS) is 21.1. The molecule has 88 valence electrons. The van der Waals surface area contributed by atoms with Gasteiger partial charge in [-0.3, -0.25) is 9.69 Å². The zero-order valence-electron chi connectivity index (χ0n) is 9.94. The second-order valence-corrected chi connectivity index (χ2v) is 4.52. The molecule has 1 aliphatic heterocycles. The molecule has 15 heavy (non-hydrogen) atoms. The first kappa shape index (κ1) is 12.5. The molecule has 1 amide bonds. The molecule has 0 saturated carbocycles. The number of amides is 1. The molecule has 0 radical (unpaired) electrons. The van der Waals surface area contributed by atoms with Gasteiger partial charge in [0, 0.05) is 26.2 Å². The summed E-state index contributed by atoms with van der Waals surface area (Å²) in [4.78, 5) is 15.5. The summed E-state index contributed by atoms with van der Waals surface area (Å²) in [6.45, 7) is 9.52. The first-order valence-electron chi connectivity index (χ1n) is 5.72. The van der Waals surface area contributed by atoms with E-state index in [2.05, 4.69) is 0 Å². The van der Waals surface area contributed by atoms with E-state index in [0.29, 0.717) is 13.1 Å².